The molecule has 0 N–H and O–H groups in total. The van der Waals surface area contributed by atoms with Crippen molar-refractivity contribution in [2.24, 2.45) is 5.92 Å². The number of alkyl halides is 6. The molecule has 0 aromatic rings. The summed E-state index contributed by atoms with van der Waals surface area (Å²) in [6.45, 7) is 1.10. The highest BCUT2D eigenvalue weighted by atomic mass is 19.4. The first-order valence-electron chi connectivity index (χ1n) is 2.96. The van der Waals surface area contributed by atoms with Crippen molar-refractivity contribution in [3.8, 4) is 0 Å². The molecule has 0 aliphatic heterocycles. The van der Waals surface area contributed by atoms with E-state index in [9.17, 15) is 26.3 Å². The fourth-order valence-corrected chi connectivity index (χ4v) is 0.596. The molecule has 0 amide bonds. The average Bonchev–Trinajstić information content (AvgIpc) is 1.77. The molecule has 0 saturated carbocycles. The van der Waals surface area contributed by atoms with Gasteiger partial charge in [0.15, 0.2) is 5.92 Å². The van der Waals surface area contributed by atoms with Crippen LogP contribution in [0.3, 0.4) is 0 Å². The van der Waals surface area contributed by atoms with Crippen molar-refractivity contribution >= 4 is 0 Å². The maximum atomic E-state index is 11.6. The largest absolute Gasteiger partial charge is 0.403 e. The molecule has 0 fully saturated rings. The lowest BCUT2D eigenvalue weighted by molar-refractivity contribution is -0.267. The van der Waals surface area contributed by atoms with Gasteiger partial charge in [-0.15, -0.1) is 0 Å². The van der Waals surface area contributed by atoms with Crippen LogP contribution in [0.15, 0.2) is 12.2 Å². The van der Waals surface area contributed by atoms with Gasteiger partial charge >= 0.3 is 12.4 Å². The van der Waals surface area contributed by atoms with Crippen molar-refractivity contribution in [2.45, 2.75) is 19.3 Å². The summed E-state index contributed by atoms with van der Waals surface area (Å²) in [6.07, 6.45) is -9.71. The van der Waals surface area contributed by atoms with Gasteiger partial charge in [0.25, 0.3) is 0 Å². The number of hydrogen-bond donors (Lipinski definition) is 0. The van der Waals surface area contributed by atoms with E-state index in [1.807, 2.05) is 0 Å². The van der Waals surface area contributed by atoms with Crippen molar-refractivity contribution < 1.29 is 26.3 Å². The molecule has 12 heavy (non-hydrogen) atoms. The molecule has 0 heterocycles. The lowest BCUT2D eigenvalue weighted by Gasteiger charge is -2.19. The maximum Gasteiger partial charge on any atom is 0.403 e. The summed E-state index contributed by atoms with van der Waals surface area (Å²) in [7, 11) is 0. The van der Waals surface area contributed by atoms with Gasteiger partial charge < -0.3 is 0 Å². The van der Waals surface area contributed by atoms with Gasteiger partial charge in [0.2, 0.25) is 0 Å². The van der Waals surface area contributed by atoms with E-state index in [0.29, 0.717) is 0 Å². The minimum Gasteiger partial charge on any atom is -0.170 e. The molecule has 0 aromatic carbocycles. The SMILES string of the molecule is C/C=C\C(C(F)(F)F)C(F)(F)F. The summed E-state index contributed by atoms with van der Waals surface area (Å²) in [5.74, 6) is -3.35. The Hall–Kier alpha value is -0.680. The zero-order valence-corrected chi connectivity index (χ0v) is 6.00. The second-order valence-electron chi connectivity index (χ2n) is 2.09. The highest BCUT2D eigenvalue weighted by Crippen LogP contribution is 2.39. The normalized spacial score (nSPS) is 14.7. The standard InChI is InChI=1S/C6H6F6/c1-2-3-4(5(7,8)9)6(10,11)12/h2-4H,1H3/b3-2-. The van der Waals surface area contributed by atoms with Crippen LogP contribution in [-0.2, 0) is 0 Å². The Morgan fingerprint density at radius 3 is 1.33 bits per heavy atom. The third kappa shape index (κ3) is 3.15. The Morgan fingerprint density at radius 1 is 0.917 bits per heavy atom. The van der Waals surface area contributed by atoms with E-state index in [-0.39, 0.29) is 6.08 Å². The molecule has 0 aliphatic rings. The predicted molar refractivity (Wildman–Crippen MR) is 30.4 cm³/mol. The average molecular weight is 192 g/mol. The van der Waals surface area contributed by atoms with Crippen LogP contribution in [0.4, 0.5) is 26.3 Å². The third-order valence-electron chi connectivity index (χ3n) is 1.09. The summed E-state index contributed by atoms with van der Waals surface area (Å²) in [4.78, 5) is 0. The second-order valence-corrected chi connectivity index (χ2v) is 2.09. The maximum absolute atomic E-state index is 11.6. The highest BCUT2D eigenvalue weighted by Gasteiger charge is 2.54. The number of allylic oxidation sites excluding steroid dienone is 2. The Kier molecular flexibility index (Phi) is 3.17. The molecule has 0 nitrogen and oxygen atoms in total. The molecule has 0 spiro atoms. The van der Waals surface area contributed by atoms with Crippen LogP contribution in [0.5, 0.6) is 0 Å². The second kappa shape index (κ2) is 3.37. The topological polar surface area (TPSA) is 0 Å². The van der Waals surface area contributed by atoms with Gasteiger partial charge in [-0.3, -0.25) is 0 Å². The number of hydrogen-bond acceptors (Lipinski definition) is 0. The number of halogens is 6. The van der Waals surface area contributed by atoms with E-state index in [1.165, 1.54) is 0 Å². The van der Waals surface area contributed by atoms with E-state index in [1.54, 1.807) is 0 Å². The van der Waals surface area contributed by atoms with Crippen LogP contribution in [-0.4, -0.2) is 12.4 Å². The molecule has 0 bridgehead atoms. The van der Waals surface area contributed by atoms with Crippen molar-refractivity contribution in [2.75, 3.05) is 0 Å². The molecule has 0 saturated heterocycles. The number of rotatable bonds is 1. The summed E-state index contributed by atoms with van der Waals surface area (Å²) in [6, 6.07) is 0. The van der Waals surface area contributed by atoms with E-state index in [0.717, 1.165) is 13.0 Å². The minimum atomic E-state index is -5.26. The molecular formula is C6H6F6. The van der Waals surface area contributed by atoms with Gasteiger partial charge in [-0.2, -0.15) is 26.3 Å². The van der Waals surface area contributed by atoms with E-state index in [4.69, 9.17) is 0 Å². The van der Waals surface area contributed by atoms with Gasteiger partial charge in [0.1, 0.15) is 0 Å². The molecule has 0 radical (unpaired) electrons. The van der Waals surface area contributed by atoms with Gasteiger partial charge in [-0.05, 0) is 6.92 Å². The fourth-order valence-electron chi connectivity index (χ4n) is 0.596. The van der Waals surface area contributed by atoms with E-state index in [2.05, 4.69) is 0 Å². The Labute approximate surface area is 64.9 Å². The van der Waals surface area contributed by atoms with Crippen LogP contribution in [0.25, 0.3) is 0 Å². The molecule has 0 unspecified atom stereocenters. The first kappa shape index (κ1) is 11.3. The van der Waals surface area contributed by atoms with Crippen molar-refractivity contribution in [3.63, 3.8) is 0 Å². The molecule has 0 rings (SSSR count). The van der Waals surface area contributed by atoms with Crippen molar-refractivity contribution in [3.05, 3.63) is 12.2 Å². The zero-order chi connectivity index (χ0) is 9.99. The quantitative estimate of drug-likeness (QED) is 0.441. The van der Waals surface area contributed by atoms with Gasteiger partial charge in [0.05, 0.1) is 0 Å². The molecule has 6 heteroatoms. The van der Waals surface area contributed by atoms with Crippen LogP contribution in [0, 0.1) is 5.92 Å². The highest BCUT2D eigenvalue weighted by molar-refractivity contribution is 4.94. The van der Waals surface area contributed by atoms with Gasteiger partial charge in [0, 0.05) is 0 Å². The summed E-state index contributed by atoms with van der Waals surface area (Å²) >= 11 is 0. The Bertz CT molecular complexity index is 148. The van der Waals surface area contributed by atoms with Gasteiger partial charge in [-0.1, -0.05) is 12.2 Å². The van der Waals surface area contributed by atoms with E-state index < -0.39 is 18.3 Å². The summed E-state index contributed by atoms with van der Waals surface area (Å²) in [5.41, 5.74) is 0. The third-order valence-corrected chi connectivity index (χ3v) is 1.09. The lowest BCUT2D eigenvalue weighted by atomic mass is 10.1. The molecule has 0 aliphatic carbocycles. The fraction of sp³-hybridized carbons (Fsp3) is 0.667. The molecule has 0 atom stereocenters. The zero-order valence-electron chi connectivity index (χ0n) is 6.00. The smallest absolute Gasteiger partial charge is 0.170 e. The summed E-state index contributed by atoms with van der Waals surface area (Å²) in [5, 5.41) is 0. The first-order valence-corrected chi connectivity index (χ1v) is 2.96. The van der Waals surface area contributed by atoms with Gasteiger partial charge in [-0.25, -0.2) is 0 Å². The molecule has 0 aromatic heterocycles. The Morgan fingerprint density at radius 2 is 1.25 bits per heavy atom. The Balaban J connectivity index is 4.69. The lowest BCUT2D eigenvalue weighted by Crippen LogP contribution is -2.34. The minimum absolute atomic E-state index is 0.0833. The van der Waals surface area contributed by atoms with Crippen LogP contribution in [0.1, 0.15) is 6.92 Å². The first-order chi connectivity index (χ1) is 5.19. The van der Waals surface area contributed by atoms with E-state index >= 15 is 0 Å². The van der Waals surface area contributed by atoms with Crippen LogP contribution >= 0.6 is 0 Å². The van der Waals surface area contributed by atoms with Crippen molar-refractivity contribution in [1.29, 1.82) is 0 Å². The predicted octanol–water partition coefficient (Wildman–Crippen LogP) is 3.30. The van der Waals surface area contributed by atoms with Crippen molar-refractivity contribution in [1.82, 2.24) is 0 Å². The molecule has 72 valence electrons. The summed E-state index contributed by atoms with van der Waals surface area (Å²) < 4.78 is 69.8. The van der Waals surface area contributed by atoms with Crippen LogP contribution in [0.2, 0.25) is 0 Å². The monoisotopic (exact) mass is 192 g/mol. The molecular weight excluding hydrogens is 186 g/mol. The van der Waals surface area contributed by atoms with Crippen LogP contribution < -0.4 is 0 Å².